The second-order valence-corrected chi connectivity index (χ2v) is 11.6. The molecule has 4 rings (SSSR count). The predicted octanol–water partition coefficient (Wildman–Crippen LogP) is 4.47. The fourth-order valence-electron chi connectivity index (χ4n) is 4.11. The van der Waals surface area contributed by atoms with Crippen molar-refractivity contribution in [3.8, 4) is 0 Å². The molecule has 2 saturated heterocycles. The lowest BCUT2D eigenvalue weighted by molar-refractivity contribution is -0.130. The third-order valence-electron chi connectivity index (χ3n) is 6.02. The van der Waals surface area contributed by atoms with Crippen LogP contribution >= 0.6 is 46.7 Å². The van der Waals surface area contributed by atoms with Crippen molar-refractivity contribution in [3.63, 3.8) is 0 Å². The minimum Gasteiger partial charge on any atom is -0.354 e. The van der Waals surface area contributed by atoms with Crippen molar-refractivity contribution < 1.29 is 9.59 Å². The van der Waals surface area contributed by atoms with E-state index in [4.69, 9.17) is 23.2 Å². The molecule has 0 saturated carbocycles. The molecule has 2 aromatic rings. The number of nitrogens with zero attached hydrogens (tertiary/aromatic N) is 1. The van der Waals surface area contributed by atoms with Crippen molar-refractivity contribution >= 4 is 58.5 Å². The fraction of sp³-hybridized carbons (Fsp3) is 0.417. The minimum atomic E-state index is -0.216. The normalized spacial score (nSPS) is 19.6. The van der Waals surface area contributed by atoms with Gasteiger partial charge in [0.1, 0.15) is 0 Å². The molecule has 0 bridgehead atoms. The average molecular weight is 525 g/mol. The molecule has 2 fully saturated rings. The van der Waals surface area contributed by atoms with Gasteiger partial charge in [0.25, 0.3) is 0 Å². The maximum atomic E-state index is 12.7. The highest BCUT2D eigenvalue weighted by atomic mass is 35.5. The first-order chi connectivity index (χ1) is 15.9. The van der Waals surface area contributed by atoms with E-state index in [1.807, 2.05) is 53.1 Å². The number of likely N-dealkylation sites (tertiary alicyclic amines) is 1. The van der Waals surface area contributed by atoms with Gasteiger partial charge in [-0.2, -0.15) is 0 Å². The molecule has 176 valence electrons. The third kappa shape index (κ3) is 6.61. The number of piperidine rings is 1. The Morgan fingerprint density at radius 2 is 1.91 bits per heavy atom. The molecular weight excluding hydrogens is 497 g/mol. The SMILES string of the molecule is O=C(NCCc1ccc(Cl)cc1Cl)C1CSC2(CCN(C(=O)CSc3ccccc3)CC2)N1. The summed E-state index contributed by atoms with van der Waals surface area (Å²) >= 11 is 15.5. The van der Waals surface area contributed by atoms with Gasteiger partial charge in [-0.3, -0.25) is 14.9 Å². The Kier molecular flexibility index (Phi) is 8.52. The molecule has 0 aliphatic carbocycles. The molecule has 2 aliphatic heterocycles. The highest BCUT2D eigenvalue weighted by Crippen LogP contribution is 2.39. The summed E-state index contributed by atoms with van der Waals surface area (Å²) in [6.45, 7) is 1.96. The molecule has 2 aliphatic rings. The highest BCUT2D eigenvalue weighted by molar-refractivity contribution is 8.01. The predicted molar refractivity (Wildman–Crippen MR) is 138 cm³/mol. The number of halogens is 2. The molecule has 33 heavy (non-hydrogen) atoms. The van der Waals surface area contributed by atoms with Gasteiger partial charge in [0.15, 0.2) is 0 Å². The average Bonchev–Trinajstić information content (AvgIpc) is 3.23. The summed E-state index contributed by atoms with van der Waals surface area (Å²) < 4.78 is 0. The zero-order chi connectivity index (χ0) is 23.3. The van der Waals surface area contributed by atoms with Gasteiger partial charge >= 0.3 is 0 Å². The molecule has 0 radical (unpaired) electrons. The van der Waals surface area contributed by atoms with Gasteiger partial charge in [0.05, 0.1) is 16.7 Å². The molecule has 9 heteroatoms. The summed E-state index contributed by atoms with van der Waals surface area (Å²) in [7, 11) is 0. The fourth-order valence-corrected chi connectivity index (χ4v) is 6.85. The summed E-state index contributed by atoms with van der Waals surface area (Å²) in [5.74, 6) is 1.39. The van der Waals surface area contributed by atoms with Crippen LogP contribution in [0, 0.1) is 0 Å². The van der Waals surface area contributed by atoms with Gasteiger partial charge in [-0.1, -0.05) is 47.5 Å². The Labute approximate surface area is 213 Å². The monoisotopic (exact) mass is 523 g/mol. The van der Waals surface area contributed by atoms with Crippen molar-refractivity contribution in [1.29, 1.82) is 0 Å². The Morgan fingerprint density at radius 1 is 1.15 bits per heavy atom. The van der Waals surface area contributed by atoms with Crippen molar-refractivity contribution in [2.75, 3.05) is 31.1 Å². The molecule has 1 spiro atoms. The number of rotatable bonds is 7. The van der Waals surface area contributed by atoms with Crippen LogP contribution in [0.2, 0.25) is 10.0 Å². The molecule has 2 heterocycles. The summed E-state index contributed by atoms with van der Waals surface area (Å²) in [4.78, 5) is 28.2. The van der Waals surface area contributed by atoms with Gasteiger partial charge in [-0.25, -0.2) is 0 Å². The largest absolute Gasteiger partial charge is 0.354 e. The lowest BCUT2D eigenvalue weighted by Gasteiger charge is -2.39. The van der Waals surface area contributed by atoms with E-state index in [-0.39, 0.29) is 22.7 Å². The van der Waals surface area contributed by atoms with Crippen LogP contribution in [0.25, 0.3) is 0 Å². The number of thioether (sulfide) groups is 2. The Hall–Kier alpha value is -1.38. The number of carbonyl (C=O) groups excluding carboxylic acids is 2. The van der Waals surface area contributed by atoms with Crippen molar-refractivity contribution in [2.45, 2.75) is 35.1 Å². The topological polar surface area (TPSA) is 61.4 Å². The van der Waals surface area contributed by atoms with Crippen LogP contribution in [0.5, 0.6) is 0 Å². The van der Waals surface area contributed by atoms with Crippen LogP contribution in [0.15, 0.2) is 53.4 Å². The number of hydrogen-bond acceptors (Lipinski definition) is 5. The lowest BCUT2D eigenvalue weighted by atomic mass is 10.0. The Balaban J connectivity index is 1.19. The first-order valence-electron chi connectivity index (χ1n) is 11.0. The molecule has 1 unspecified atom stereocenters. The molecule has 2 amide bonds. The van der Waals surface area contributed by atoms with Gasteiger partial charge in [0.2, 0.25) is 11.8 Å². The first-order valence-corrected chi connectivity index (χ1v) is 13.8. The Bertz CT molecular complexity index is 985. The van der Waals surface area contributed by atoms with Crippen molar-refractivity contribution in [2.24, 2.45) is 0 Å². The van der Waals surface area contributed by atoms with Crippen LogP contribution in [-0.2, 0) is 16.0 Å². The van der Waals surface area contributed by atoms with E-state index in [1.54, 1.807) is 23.9 Å². The zero-order valence-corrected chi connectivity index (χ0v) is 21.3. The van der Waals surface area contributed by atoms with Crippen molar-refractivity contribution in [1.82, 2.24) is 15.5 Å². The molecule has 5 nitrogen and oxygen atoms in total. The summed E-state index contributed by atoms with van der Waals surface area (Å²) in [6, 6.07) is 15.2. The van der Waals surface area contributed by atoms with E-state index in [0.717, 1.165) is 42.1 Å². The van der Waals surface area contributed by atoms with Gasteiger partial charge in [-0.05, 0) is 49.1 Å². The van der Waals surface area contributed by atoms with Crippen LogP contribution in [0.3, 0.4) is 0 Å². The second kappa shape index (κ2) is 11.4. The van der Waals surface area contributed by atoms with E-state index in [9.17, 15) is 9.59 Å². The summed E-state index contributed by atoms with van der Waals surface area (Å²) in [5, 5.41) is 7.80. The van der Waals surface area contributed by atoms with Gasteiger partial charge < -0.3 is 10.2 Å². The minimum absolute atomic E-state index is 0.0160. The maximum Gasteiger partial charge on any atom is 0.238 e. The lowest BCUT2D eigenvalue weighted by Crippen LogP contribution is -2.54. The second-order valence-electron chi connectivity index (χ2n) is 8.26. The van der Waals surface area contributed by atoms with Gasteiger partial charge in [0, 0.05) is 40.3 Å². The number of benzene rings is 2. The van der Waals surface area contributed by atoms with E-state index in [2.05, 4.69) is 10.6 Å². The molecule has 2 N–H and O–H groups in total. The number of hydrogen-bond donors (Lipinski definition) is 2. The van der Waals surface area contributed by atoms with Crippen LogP contribution in [0.4, 0.5) is 0 Å². The van der Waals surface area contributed by atoms with Gasteiger partial charge in [-0.15, -0.1) is 23.5 Å². The highest BCUT2D eigenvalue weighted by Gasteiger charge is 2.44. The third-order valence-corrected chi connectivity index (χ3v) is 9.18. The molecule has 1 atom stereocenters. The smallest absolute Gasteiger partial charge is 0.238 e. The van der Waals surface area contributed by atoms with Crippen LogP contribution in [-0.4, -0.2) is 58.8 Å². The first kappa shape index (κ1) is 24.7. The van der Waals surface area contributed by atoms with E-state index in [1.165, 1.54) is 0 Å². The summed E-state index contributed by atoms with van der Waals surface area (Å²) in [6.07, 6.45) is 2.36. The standard InChI is InChI=1S/C24H27Cl2N3O2S2/c25-18-7-6-17(20(26)14-18)8-11-27-23(31)21-15-33-24(28-21)9-12-29(13-10-24)22(30)16-32-19-4-2-1-3-5-19/h1-7,14,21,28H,8-13,15-16H2,(H,27,31). The Morgan fingerprint density at radius 3 is 2.64 bits per heavy atom. The summed E-state index contributed by atoms with van der Waals surface area (Å²) in [5.41, 5.74) is 0.967. The van der Waals surface area contributed by atoms with Crippen LogP contribution in [0.1, 0.15) is 18.4 Å². The van der Waals surface area contributed by atoms with E-state index in [0.29, 0.717) is 28.8 Å². The van der Waals surface area contributed by atoms with Crippen molar-refractivity contribution in [3.05, 3.63) is 64.1 Å². The number of carbonyl (C=O) groups is 2. The molecule has 0 aromatic heterocycles. The number of nitrogens with one attached hydrogen (secondary N) is 2. The maximum absolute atomic E-state index is 12.7. The number of amides is 2. The quantitative estimate of drug-likeness (QED) is 0.524. The zero-order valence-electron chi connectivity index (χ0n) is 18.2. The van der Waals surface area contributed by atoms with E-state index >= 15 is 0 Å². The molecule has 2 aromatic carbocycles. The van der Waals surface area contributed by atoms with Crippen LogP contribution < -0.4 is 10.6 Å². The van der Waals surface area contributed by atoms with E-state index < -0.39 is 0 Å². The molecular formula is C24H27Cl2N3O2S2.